The summed E-state index contributed by atoms with van der Waals surface area (Å²) in [5.41, 5.74) is 2.27. The lowest BCUT2D eigenvalue weighted by Gasteiger charge is -2.39. The van der Waals surface area contributed by atoms with Gasteiger partial charge in [-0.2, -0.15) is 0 Å². The minimum atomic E-state index is 0.164. The summed E-state index contributed by atoms with van der Waals surface area (Å²) in [6.07, 6.45) is 16.7. The maximum atomic E-state index is 12.5. The summed E-state index contributed by atoms with van der Waals surface area (Å²) >= 11 is 0. The highest BCUT2D eigenvalue weighted by Crippen LogP contribution is 2.23. The molecule has 0 saturated carbocycles. The standard InChI is InChI=1S/C23H36N2O.C2H6/c1-6-11-13-20(8-3)14-17-24-18-15-22(16-19-24)25(23(26)10-5)21(9-4)12-7-2;1-2/h7-9,11-13,22H,2,4,6,10,14-19H2,1,3,5H3;1-2H3/b13-11-,20-8+,21-12+;. The van der Waals surface area contributed by atoms with Crippen molar-refractivity contribution in [3.8, 4) is 0 Å². The van der Waals surface area contributed by atoms with Crippen molar-refractivity contribution in [3.05, 3.63) is 60.9 Å². The molecule has 1 heterocycles. The van der Waals surface area contributed by atoms with E-state index in [9.17, 15) is 4.79 Å². The second-order valence-electron chi connectivity index (χ2n) is 6.65. The Bertz CT molecular complexity index is 549. The van der Waals surface area contributed by atoms with Gasteiger partial charge in [0.05, 0.1) is 0 Å². The van der Waals surface area contributed by atoms with Gasteiger partial charge in [0.1, 0.15) is 0 Å². The number of allylic oxidation sites excluding steroid dienone is 6. The Labute approximate surface area is 174 Å². The van der Waals surface area contributed by atoms with Gasteiger partial charge in [-0.15, -0.1) is 0 Å². The first-order chi connectivity index (χ1) is 13.6. The first kappa shape index (κ1) is 26.1. The average molecular weight is 387 g/mol. The van der Waals surface area contributed by atoms with Gasteiger partial charge in [0.15, 0.2) is 0 Å². The average Bonchev–Trinajstić information content (AvgIpc) is 2.75. The Hall–Kier alpha value is -1.87. The normalized spacial score (nSPS) is 16.5. The number of carbonyl (C=O) groups is 1. The SMILES string of the molecule is C=C/C=C(\C=C)N(C(=O)CC)C1CCN(CCC(/C=C\CC)=C/C)CC1.CC. The van der Waals surface area contributed by atoms with E-state index in [1.54, 1.807) is 12.2 Å². The van der Waals surface area contributed by atoms with E-state index in [0.29, 0.717) is 6.42 Å². The summed E-state index contributed by atoms with van der Waals surface area (Å²) in [5, 5.41) is 0. The summed E-state index contributed by atoms with van der Waals surface area (Å²) in [5.74, 6) is 0.164. The molecule has 3 heteroatoms. The second-order valence-corrected chi connectivity index (χ2v) is 6.65. The molecule has 1 rings (SSSR count). The summed E-state index contributed by atoms with van der Waals surface area (Å²) in [6.45, 7) is 21.0. The number of carbonyl (C=O) groups excluding carboxylic acids is 1. The lowest BCUT2D eigenvalue weighted by Crippen LogP contribution is -2.46. The van der Waals surface area contributed by atoms with Crippen LogP contribution in [0.25, 0.3) is 0 Å². The smallest absolute Gasteiger partial charge is 0.226 e. The topological polar surface area (TPSA) is 23.6 Å². The van der Waals surface area contributed by atoms with Crippen LogP contribution < -0.4 is 0 Å². The second kappa shape index (κ2) is 16.1. The summed E-state index contributed by atoms with van der Waals surface area (Å²) in [6, 6.07) is 0.254. The molecule has 1 aliphatic heterocycles. The summed E-state index contributed by atoms with van der Waals surface area (Å²) < 4.78 is 0. The minimum Gasteiger partial charge on any atom is -0.309 e. The zero-order valence-electron chi connectivity index (χ0n) is 18.9. The van der Waals surface area contributed by atoms with Gasteiger partial charge in [0.25, 0.3) is 0 Å². The highest BCUT2D eigenvalue weighted by molar-refractivity contribution is 5.78. The first-order valence-electron chi connectivity index (χ1n) is 10.9. The van der Waals surface area contributed by atoms with Crippen LogP contribution in [-0.2, 0) is 4.79 Å². The van der Waals surface area contributed by atoms with Crippen molar-refractivity contribution in [2.45, 2.75) is 72.8 Å². The van der Waals surface area contributed by atoms with Crippen molar-refractivity contribution in [2.24, 2.45) is 0 Å². The number of nitrogens with zero attached hydrogens (tertiary/aromatic N) is 2. The van der Waals surface area contributed by atoms with E-state index in [1.807, 2.05) is 31.7 Å². The van der Waals surface area contributed by atoms with Crippen LogP contribution in [0.2, 0.25) is 0 Å². The van der Waals surface area contributed by atoms with Crippen LogP contribution in [0.1, 0.15) is 66.7 Å². The zero-order chi connectivity index (χ0) is 21.4. The molecule has 28 heavy (non-hydrogen) atoms. The molecule has 1 amide bonds. The van der Waals surface area contributed by atoms with Gasteiger partial charge in [-0.05, 0) is 44.8 Å². The Balaban J connectivity index is 0.00000352. The largest absolute Gasteiger partial charge is 0.309 e. The molecule has 0 N–H and O–H groups in total. The molecule has 0 aromatic rings. The van der Waals surface area contributed by atoms with Crippen molar-refractivity contribution in [1.82, 2.24) is 9.80 Å². The first-order valence-corrected chi connectivity index (χ1v) is 10.9. The van der Waals surface area contributed by atoms with Crippen LogP contribution in [0.15, 0.2) is 60.9 Å². The highest BCUT2D eigenvalue weighted by Gasteiger charge is 2.28. The fourth-order valence-corrected chi connectivity index (χ4v) is 3.38. The van der Waals surface area contributed by atoms with E-state index < -0.39 is 0 Å². The van der Waals surface area contributed by atoms with Crippen LogP contribution in [0.3, 0.4) is 0 Å². The van der Waals surface area contributed by atoms with Gasteiger partial charge < -0.3 is 9.80 Å². The van der Waals surface area contributed by atoms with Crippen LogP contribution in [-0.4, -0.2) is 41.4 Å². The predicted octanol–water partition coefficient (Wildman–Crippen LogP) is 6.27. The molecule has 1 saturated heterocycles. The molecule has 0 unspecified atom stereocenters. The third-order valence-electron chi connectivity index (χ3n) is 4.92. The lowest BCUT2D eigenvalue weighted by molar-refractivity contribution is -0.131. The van der Waals surface area contributed by atoms with Crippen LogP contribution in [0, 0.1) is 0 Å². The molecule has 3 nitrogen and oxygen atoms in total. The molecule has 0 aromatic carbocycles. The molecule has 0 aliphatic carbocycles. The van der Waals surface area contributed by atoms with Crippen LogP contribution in [0.5, 0.6) is 0 Å². The van der Waals surface area contributed by atoms with E-state index >= 15 is 0 Å². The number of piperidine rings is 1. The van der Waals surface area contributed by atoms with Crippen molar-refractivity contribution < 1.29 is 4.79 Å². The van der Waals surface area contributed by atoms with Gasteiger partial charge in [-0.25, -0.2) is 0 Å². The van der Waals surface area contributed by atoms with Crippen molar-refractivity contribution in [3.63, 3.8) is 0 Å². The number of hydrogen-bond acceptors (Lipinski definition) is 2. The molecule has 158 valence electrons. The Morgan fingerprint density at radius 2 is 1.82 bits per heavy atom. The molecule has 1 fully saturated rings. The molecule has 0 aromatic heterocycles. The Kier molecular flexibility index (Phi) is 15.0. The minimum absolute atomic E-state index is 0.164. The molecule has 0 bridgehead atoms. The van der Waals surface area contributed by atoms with Gasteiger partial charge in [0.2, 0.25) is 5.91 Å². The third kappa shape index (κ3) is 8.88. The van der Waals surface area contributed by atoms with Crippen LogP contribution in [0.4, 0.5) is 0 Å². The maximum Gasteiger partial charge on any atom is 0.226 e. The van der Waals surface area contributed by atoms with E-state index in [4.69, 9.17) is 0 Å². The molecule has 0 spiro atoms. The van der Waals surface area contributed by atoms with Crippen molar-refractivity contribution in [1.29, 1.82) is 0 Å². The van der Waals surface area contributed by atoms with Crippen LogP contribution >= 0.6 is 0 Å². The summed E-state index contributed by atoms with van der Waals surface area (Å²) in [7, 11) is 0. The van der Waals surface area contributed by atoms with Crippen molar-refractivity contribution >= 4 is 5.91 Å². The van der Waals surface area contributed by atoms with Gasteiger partial charge in [-0.1, -0.05) is 70.7 Å². The molecule has 0 radical (unpaired) electrons. The third-order valence-corrected chi connectivity index (χ3v) is 4.92. The molecule has 1 aliphatic rings. The van der Waals surface area contributed by atoms with E-state index in [0.717, 1.165) is 51.0 Å². The van der Waals surface area contributed by atoms with E-state index in [-0.39, 0.29) is 11.9 Å². The number of likely N-dealkylation sites (tertiary alicyclic amines) is 1. The molecular formula is C25H42N2O. The zero-order valence-corrected chi connectivity index (χ0v) is 18.9. The Morgan fingerprint density at radius 1 is 1.18 bits per heavy atom. The van der Waals surface area contributed by atoms with E-state index in [2.05, 4.69) is 50.1 Å². The fourth-order valence-electron chi connectivity index (χ4n) is 3.38. The predicted molar refractivity (Wildman–Crippen MR) is 124 cm³/mol. The summed E-state index contributed by atoms with van der Waals surface area (Å²) in [4.78, 5) is 16.9. The van der Waals surface area contributed by atoms with Gasteiger partial charge in [-0.3, -0.25) is 4.79 Å². The van der Waals surface area contributed by atoms with E-state index in [1.165, 1.54) is 5.57 Å². The fraction of sp³-hybridized carbons (Fsp3) is 0.560. The van der Waals surface area contributed by atoms with Crippen molar-refractivity contribution in [2.75, 3.05) is 19.6 Å². The molecule has 0 atom stereocenters. The van der Waals surface area contributed by atoms with Gasteiger partial charge in [0, 0.05) is 37.8 Å². The van der Waals surface area contributed by atoms with Gasteiger partial charge >= 0.3 is 0 Å². The quantitative estimate of drug-likeness (QED) is 0.413. The number of hydrogen-bond donors (Lipinski definition) is 0. The highest BCUT2D eigenvalue weighted by atomic mass is 16.2. The number of rotatable bonds is 10. The lowest BCUT2D eigenvalue weighted by atomic mass is 10.0. The maximum absolute atomic E-state index is 12.5. The molecular weight excluding hydrogens is 344 g/mol. The Morgan fingerprint density at radius 3 is 2.29 bits per heavy atom. The monoisotopic (exact) mass is 386 g/mol. The number of amides is 1.